The van der Waals surface area contributed by atoms with Crippen molar-refractivity contribution in [1.29, 1.82) is 0 Å². The van der Waals surface area contributed by atoms with Gasteiger partial charge in [0.25, 0.3) is 5.91 Å². The van der Waals surface area contributed by atoms with Crippen molar-refractivity contribution in [2.45, 2.75) is 0 Å². The van der Waals surface area contributed by atoms with Crippen LogP contribution in [0.5, 0.6) is 11.5 Å². The number of methoxy groups -OCH3 is 2. The molecule has 1 aromatic heterocycles. The first-order valence-electron chi connectivity index (χ1n) is 8.72. The fourth-order valence-electron chi connectivity index (χ4n) is 2.72. The smallest absolute Gasteiger partial charge is 0.260 e. The number of amides is 1. The summed E-state index contributed by atoms with van der Waals surface area (Å²) in [6, 6.07) is 13.0. The highest BCUT2D eigenvalue weighted by Gasteiger charge is 2.23. The monoisotopic (exact) mass is 386 g/mol. The van der Waals surface area contributed by atoms with Crippen LogP contribution in [-0.4, -0.2) is 52.3 Å². The molecule has 0 aliphatic heterocycles. The van der Waals surface area contributed by atoms with E-state index in [0.717, 1.165) is 16.8 Å². The van der Waals surface area contributed by atoms with Crippen molar-refractivity contribution in [1.82, 2.24) is 4.98 Å². The highest BCUT2D eigenvalue weighted by Crippen LogP contribution is 2.34. The molecule has 7 heteroatoms. The van der Waals surface area contributed by atoms with Gasteiger partial charge < -0.3 is 14.4 Å². The molecular formula is C20H24N3O3S+. The van der Waals surface area contributed by atoms with Gasteiger partial charge in [-0.15, -0.1) is 0 Å². The van der Waals surface area contributed by atoms with Crippen LogP contribution in [0.2, 0.25) is 0 Å². The van der Waals surface area contributed by atoms with Crippen LogP contribution in [-0.2, 0) is 0 Å². The number of anilines is 1. The second kappa shape index (κ2) is 8.37. The van der Waals surface area contributed by atoms with E-state index in [9.17, 15) is 4.79 Å². The molecule has 3 rings (SSSR count). The lowest BCUT2D eigenvalue weighted by atomic mass is 10.2. The molecule has 27 heavy (non-hydrogen) atoms. The van der Waals surface area contributed by atoms with Crippen LogP contribution in [0.15, 0.2) is 42.5 Å². The van der Waals surface area contributed by atoms with Crippen molar-refractivity contribution in [2.75, 3.05) is 46.3 Å². The molecule has 0 saturated heterocycles. The van der Waals surface area contributed by atoms with E-state index in [1.165, 1.54) is 16.2 Å². The molecule has 142 valence electrons. The SMILES string of the molecule is COc1cccc(C(=O)N(CC[NH+](C)C)c2nc3c(OC)cccc3s2)c1. The molecule has 1 N–H and O–H groups in total. The molecule has 0 radical (unpaired) electrons. The molecule has 0 atom stereocenters. The first kappa shape index (κ1) is 19.1. The van der Waals surface area contributed by atoms with E-state index in [0.29, 0.717) is 28.7 Å². The van der Waals surface area contributed by atoms with Gasteiger partial charge in [0.1, 0.15) is 17.0 Å². The second-order valence-electron chi connectivity index (χ2n) is 6.45. The zero-order chi connectivity index (χ0) is 19.4. The molecular weight excluding hydrogens is 362 g/mol. The van der Waals surface area contributed by atoms with E-state index in [1.54, 1.807) is 31.3 Å². The van der Waals surface area contributed by atoms with Gasteiger partial charge in [-0.05, 0) is 30.3 Å². The lowest BCUT2D eigenvalue weighted by Gasteiger charge is -2.21. The number of thiazole rings is 1. The van der Waals surface area contributed by atoms with Gasteiger partial charge in [-0.2, -0.15) is 0 Å². The summed E-state index contributed by atoms with van der Waals surface area (Å²) in [6.45, 7) is 1.38. The summed E-state index contributed by atoms with van der Waals surface area (Å²) >= 11 is 1.49. The minimum Gasteiger partial charge on any atom is -0.497 e. The number of carbonyl (C=O) groups excluding carboxylic acids is 1. The standard InChI is InChI=1S/C20H23N3O3S/c1-22(2)11-12-23(19(24)14-7-5-8-15(13-14)25-3)20-21-18-16(26-4)9-6-10-17(18)27-20/h5-10,13H,11-12H2,1-4H3/p+1. The first-order chi connectivity index (χ1) is 13.0. The molecule has 3 aromatic rings. The fourth-order valence-corrected chi connectivity index (χ4v) is 3.73. The van der Waals surface area contributed by atoms with Crippen LogP contribution in [0, 0.1) is 0 Å². The molecule has 0 spiro atoms. The molecule has 0 aliphatic rings. The van der Waals surface area contributed by atoms with Crippen molar-refractivity contribution in [3.63, 3.8) is 0 Å². The van der Waals surface area contributed by atoms with E-state index in [-0.39, 0.29) is 5.91 Å². The number of hydrogen-bond acceptors (Lipinski definition) is 5. The Morgan fingerprint density at radius 2 is 1.93 bits per heavy atom. The highest BCUT2D eigenvalue weighted by molar-refractivity contribution is 7.22. The number of nitrogens with zero attached hydrogens (tertiary/aromatic N) is 2. The quantitative estimate of drug-likeness (QED) is 0.676. The minimum absolute atomic E-state index is 0.0897. The summed E-state index contributed by atoms with van der Waals surface area (Å²) in [4.78, 5) is 21.0. The molecule has 1 amide bonds. The molecule has 6 nitrogen and oxygen atoms in total. The Bertz CT molecular complexity index is 939. The third-order valence-electron chi connectivity index (χ3n) is 4.22. The number of hydrogen-bond donors (Lipinski definition) is 1. The topological polar surface area (TPSA) is 56.1 Å². The van der Waals surface area contributed by atoms with Gasteiger partial charge in [0.05, 0.1) is 46.1 Å². The number of nitrogens with one attached hydrogen (secondary N) is 1. The third kappa shape index (κ3) is 4.20. The number of para-hydroxylation sites is 1. The van der Waals surface area contributed by atoms with Crippen LogP contribution >= 0.6 is 11.3 Å². The number of quaternary nitrogens is 1. The average Bonchev–Trinajstić information content (AvgIpc) is 3.11. The number of rotatable bonds is 7. The Labute approximate surface area is 162 Å². The lowest BCUT2D eigenvalue weighted by molar-refractivity contribution is -0.856. The van der Waals surface area contributed by atoms with E-state index >= 15 is 0 Å². The molecule has 1 heterocycles. The van der Waals surface area contributed by atoms with Crippen molar-refractivity contribution in [3.8, 4) is 11.5 Å². The van der Waals surface area contributed by atoms with E-state index < -0.39 is 0 Å². The van der Waals surface area contributed by atoms with Gasteiger partial charge in [-0.1, -0.05) is 23.5 Å². The van der Waals surface area contributed by atoms with Gasteiger partial charge in [0, 0.05) is 5.56 Å². The Morgan fingerprint density at radius 3 is 2.63 bits per heavy atom. The maximum Gasteiger partial charge on any atom is 0.260 e. The number of likely N-dealkylation sites (N-methyl/N-ethyl adjacent to an activating group) is 1. The summed E-state index contributed by atoms with van der Waals surface area (Å²) < 4.78 is 11.7. The number of aromatic nitrogens is 1. The maximum atomic E-state index is 13.3. The minimum atomic E-state index is -0.0897. The van der Waals surface area contributed by atoms with Crippen LogP contribution in [0.1, 0.15) is 10.4 Å². The van der Waals surface area contributed by atoms with Crippen molar-refractivity contribution in [2.24, 2.45) is 0 Å². The third-order valence-corrected chi connectivity index (χ3v) is 5.26. The van der Waals surface area contributed by atoms with Gasteiger partial charge in [-0.25, -0.2) is 4.98 Å². The lowest BCUT2D eigenvalue weighted by Crippen LogP contribution is -3.06. The molecule has 0 aliphatic carbocycles. The van der Waals surface area contributed by atoms with Gasteiger partial charge >= 0.3 is 0 Å². The Balaban J connectivity index is 2.01. The molecule has 2 aromatic carbocycles. The summed E-state index contributed by atoms with van der Waals surface area (Å²) in [7, 11) is 7.35. The fraction of sp³-hybridized carbons (Fsp3) is 0.300. The molecule has 0 fully saturated rings. The predicted molar refractivity (Wildman–Crippen MR) is 109 cm³/mol. The Hall–Kier alpha value is -2.64. The predicted octanol–water partition coefficient (Wildman–Crippen LogP) is 2.10. The number of ether oxygens (including phenoxy) is 2. The van der Waals surface area contributed by atoms with Crippen LogP contribution in [0.3, 0.4) is 0 Å². The number of carbonyl (C=O) groups is 1. The van der Waals surface area contributed by atoms with Gasteiger partial charge in [-0.3, -0.25) is 9.69 Å². The first-order valence-corrected chi connectivity index (χ1v) is 9.53. The van der Waals surface area contributed by atoms with Crippen molar-refractivity contribution in [3.05, 3.63) is 48.0 Å². The van der Waals surface area contributed by atoms with Crippen LogP contribution < -0.4 is 19.3 Å². The summed E-state index contributed by atoms with van der Waals surface area (Å²) in [5, 5.41) is 0.670. The molecule has 0 unspecified atom stereocenters. The summed E-state index contributed by atoms with van der Waals surface area (Å²) in [6.07, 6.45) is 0. The zero-order valence-corrected chi connectivity index (χ0v) is 16.8. The maximum absolute atomic E-state index is 13.3. The second-order valence-corrected chi connectivity index (χ2v) is 7.46. The largest absolute Gasteiger partial charge is 0.497 e. The van der Waals surface area contributed by atoms with Gasteiger partial charge in [0.15, 0.2) is 5.13 Å². The van der Waals surface area contributed by atoms with Crippen LogP contribution in [0.25, 0.3) is 10.2 Å². The Kier molecular flexibility index (Phi) is 5.93. The van der Waals surface area contributed by atoms with E-state index in [1.807, 2.05) is 30.3 Å². The van der Waals surface area contributed by atoms with Crippen LogP contribution in [0.4, 0.5) is 5.13 Å². The Morgan fingerprint density at radius 1 is 1.15 bits per heavy atom. The van der Waals surface area contributed by atoms with E-state index in [2.05, 4.69) is 14.1 Å². The van der Waals surface area contributed by atoms with Gasteiger partial charge in [0.2, 0.25) is 0 Å². The molecule has 0 saturated carbocycles. The summed E-state index contributed by atoms with van der Waals surface area (Å²) in [5.74, 6) is 1.28. The highest BCUT2D eigenvalue weighted by atomic mass is 32.1. The van der Waals surface area contributed by atoms with Crippen molar-refractivity contribution < 1.29 is 19.2 Å². The van der Waals surface area contributed by atoms with E-state index in [4.69, 9.17) is 14.5 Å². The average molecular weight is 386 g/mol. The summed E-state index contributed by atoms with van der Waals surface area (Å²) in [5.41, 5.74) is 1.36. The molecule has 0 bridgehead atoms. The number of fused-ring (bicyclic) bond motifs is 1. The number of benzene rings is 2. The zero-order valence-electron chi connectivity index (χ0n) is 16.0. The van der Waals surface area contributed by atoms with Crippen molar-refractivity contribution >= 4 is 32.6 Å². The normalized spacial score (nSPS) is 11.0.